The first-order valence-corrected chi connectivity index (χ1v) is 20.3. The summed E-state index contributed by atoms with van der Waals surface area (Å²) in [5.74, 6) is -0.657. The SMILES string of the molecule is CC/C=C\C/C=C\C/C=C\C/C=C\C/C=C\CCCC(=O)OC[C@H](CO)OC(=O)CCCCCCCCCCCCCCCCCCCC. The van der Waals surface area contributed by atoms with Gasteiger partial charge in [-0.3, -0.25) is 9.59 Å². The Morgan fingerprint density at radius 1 is 0.490 bits per heavy atom. The Bertz CT molecular complexity index is 869. The molecule has 0 aromatic carbocycles. The molecule has 0 radical (unpaired) electrons. The largest absolute Gasteiger partial charge is 0.462 e. The van der Waals surface area contributed by atoms with Gasteiger partial charge >= 0.3 is 11.9 Å². The topological polar surface area (TPSA) is 72.8 Å². The Hall–Kier alpha value is -2.40. The zero-order chi connectivity index (χ0) is 35.7. The van der Waals surface area contributed by atoms with E-state index in [4.69, 9.17) is 9.47 Å². The van der Waals surface area contributed by atoms with Gasteiger partial charge in [-0.05, 0) is 51.4 Å². The number of esters is 2. The summed E-state index contributed by atoms with van der Waals surface area (Å²) >= 11 is 0. The van der Waals surface area contributed by atoms with Gasteiger partial charge in [-0.15, -0.1) is 0 Å². The zero-order valence-electron chi connectivity index (χ0n) is 31.9. The number of hydrogen-bond donors (Lipinski definition) is 1. The van der Waals surface area contributed by atoms with Crippen LogP contribution < -0.4 is 0 Å². The molecule has 282 valence electrons. The van der Waals surface area contributed by atoms with Crippen LogP contribution >= 0.6 is 0 Å². The van der Waals surface area contributed by atoms with Crippen molar-refractivity contribution in [2.24, 2.45) is 0 Å². The van der Waals surface area contributed by atoms with Gasteiger partial charge in [0, 0.05) is 12.8 Å². The predicted octanol–water partition coefficient (Wildman–Crippen LogP) is 12.8. The van der Waals surface area contributed by atoms with Gasteiger partial charge in [-0.25, -0.2) is 0 Å². The Balaban J connectivity index is 3.63. The first-order chi connectivity index (χ1) is 24.1. The van der Waals surface area contributed by atoms with Crippen molar-refractivity contribution in [3.05, 3.63) is 60.8 Å². The van der Waals surface area contributed by atoms with Gasteiger partial charge in [0.1, 0.15) is 6.61 Å². The van der Waals surface area contributed by atoms with Gasteiger partial charge < -0.3 is 14.6 Å². The fraction of sp³-hybridized carbons (Fsp3) is 0.727. The van der Waals surface area contributed by atoms with Crippen LogP contribution in [0.15, 0.2) is 60.8 Å². The molecule has 5 heteroatoms. The molecule has 0 fully saturated rings. The monoisotopic (exact) mass is 685 g/mol. The summed E-state index contributed by atoms with van der Waals surface area (Å²) in [5.41, 5.74) is 0. The standard InChI is InChI=1S/C44H76O5/c1-3-5-7-9-11-13-15-17-19-21-23-25-27-29-31-33-35-37-39-44(47)49-42(40-45)41-48-43(46)38-36-34-32-30-28-26-24-22-20-18-16-14-12-10-8-6-4-2/h6,8,12,14,18,20,24,26,30,32,42,45H,3-5,7,9-11,13,15-17,19,21-23,25,27-29,31,33-41H2,1-2H3/b8-6-,14-12-,20-18-,26-24-,32-30-/t42-/m0/s1. The molecule has 0 aliphatic carbocycles. The van der Waals surface area contributed by atoms with E-state index in [9.17, 15) is 14.7 Å². The molecule has 1 atom stereocenters. The summed E-state index contributed by atoms with van der Waals surface area (Å²) in [5, 5.41) is 9.56. The van der Waals surface area contributed by atoms with Gasteiger partial charge in [0.05, 0.1) is 6.61 Å². The lowest BCUT2D eigenvalue weighted by Gasteiger charge is -2.15. The lowest BCUT2D eigenvalue weighted by Crippen LogP contribution is -2.28. The quantitative estimate of drug-likeness (QED) is 0.0404. The van der Waals surface area contributed by atoms with Crippen LogP contribution in [0.3, 0.4) is 0 Å². The lowest BCUT2D eigenvalue weighted by atomic mass is 10.0. The number of allylic oxidation sites excluding steroid dienone is 10. The summed E-state index contributed by atoms with van der Waals surface area (Å²) in [7, 11) is 0. The van der Waals surface area contributed by atoms with Crippen molar-refractivity contribution < 1.29 is 24.2 Å². The molecule has 1 N–H and O–H groups in total. The van der Waals surface area contributed by atoms with E-state index in [1.165, 1.54) is 96.3 Å². The molecule has 0 amide bonds. The highest BCUT2D eigenvalue weighted by Gasteiger charge is 2.16. The first-order valence-electron chi connectivity index (χ1n) is 20.3. The highest BCUT2D eigenvalue weighted by molar-refractivity contribution is 5.70. The maximum atomic E-state index is 12.2. The molecule has 0 bridgehead atoms. The molecule has 0 saturated carbocycles. The van der Waals surface area contributed by atoms with Crippen LogP contribution in [0, 0.1) is 0 Å². The van der Waals surface area contributed by atoms with Gasteiger partial charge in [-0.1, -0.05) is 184 Å². The minimum absolute atomic E-state index is 0.0954. The molecule has 49 heavy (non-hydrogen) atoms. The number of aliphatic hydroxyl groups excluding tert-OH is 1. The summed E-state index contributed by atoms with van der Waals surface area (Å²) in [4.78, 5) is 24.3. The van der Waals surface area contributed by atoms with Crippen LogP contribution in [0.5, 0.6) is 0 Å². The van der Waals surface area contributed by atoms with E-state index in [2.05, 4.69) is 74.6 Å². The van der Waals surface area contributed by atoms with E-state index in [1.807, 2.05) is 0 Å². The number of carbonyl (C=O) groups excluding carboxylic acids is 2. The molecule has 0 rings (SSSR count). The molecule has 5 nitrogen and oxygen atoms in total. The van der Waals surface area contributed by atoms with Crippen molar-refractivity contribution in [1.29, 1.82) is 0 Å². The van der Waals surface area contributed by atoms with Gasteiger partial charge in [0.15, 0.2) is 6.10 Å². The Morgan fingerprint density at radius 3 is 1.31 bits per heavy atom. The lowest BCUT2D eigenvalue weighted by molar-refractivity contribution is -0.161. The van der Waals surface area contributed by atoms with Crippen molar-refractivity contribution in [3.63, 3.8) is 0 Å². The van der Waals surface area contributed by atoms with Crippen LogP contribution in [-0.4, -0.2) is 36.4 Å². The maximum Gasteiger partial charge on any atom is 0.306 e. The van der Waals surface area contributed by atoms with Crippen molar-refractivity contribution in [1.82, 2.24) is 0 Å². The number of ether oxygens (including phenoxy) is 2. The van der Waals surface area contributed by atoms with Crippen LogP contribution in [0.1, 0.15) is 187 Å². The van der Waals surface area contributed by atoms with Crippen molar-refractivity contribution in [3.8, 4) is 0 Å². The molecule has 0 unspecified atom stereocenters. The molecular weight excluding hydrogens is 608 g/mol. The highest BCUT2D eigenvalue weighted by Crippen LogP contribution is 2.15. The third kappa shape index (κ3) is 38.3. The zero-order valence-corrected chi connectivity index (χ0v) is 31.9. The summed E-state index contributed by atoms with van der Waals surface area (Å²) < 4.78 is 10.6. The van der Waals surface area contributed by atoms with E-state index in [-0.39, 0.29) is 25.2 Å². The van der Waals surface area contributed by atoms with Gasteiger partial charge in [0.2, 0.25) is 0 Å². The Morgan fingerprint density at radius 2 is 0.878 bits per heavy atom. The van der Waals surface area contributed by atoms with E-state index in [0.29, 0.717) is 19.3 Å². The summed E-state index contributed by atoms with van der Waals surface area (Å²) in [6, 6.07) is 0. The van der Waals surface area contributed by atoms with Gasteiger partial charge in [0.25, 0.3) is 0 Å². The number of aliphatic hydroxyl groups is 1. The third-order valence-corrected chi connectivity index (χ3v) is 8.58. The van der Waals surface area contributed by atoms with Crippen LogP contribution in [0.2, 0.25) is 0 Å². The minimum atomic E-state index is -0.794. The number of carbonyl (C=O) groups is 2. The van der Waals surface area contributed by atoms with Crippen molar-refractivity contribution in [2.75, 3.05) is 13.2 Å². The van der Waals surface area contributed by atoms with E-state index >= 15 is 0 Å². The van der Waals surface area contributed by atoms with E-state index < -0.39 is 6.10 Å². The normalized spacial score (nSPS) is 12.8. The Labute approximate surface area is 302 Å². The van der Waals surface area contributed by atoms with Crippen LogP contribution in [0.4, 0.5) is 0 Å². The molecule has 0 saturated heterocycles. The Kier molecular flexibility index (Phi) is 38.1. The second-order valence-electron chi connectivity index (χ2n) is 13.3. The molecule has 0 aliphatic rings. The second-order valence-corrected chi connectivity index (χ2v) is 13.3. The molecule has 0 aromatic rings. The average Bonchev–Trinajstić information content (AvgIpc) is 3.10. The molecule has 0 aromatic heterocycles. The second kappa shape index (κ2) is 40.0. The van der Waals surface area contributed by atoms with Crippen LogP contribution in [0.25, 0.3) is 0 Å². The van der Waals surface area contributed by atoms with E-state index in [1.54, 1.807) is 0 Å². The predicted molar refractivity (Wildman–Crippen MR) is 210 cm³/mol. The third-order valence-electron chi connectivity index (χ3n) is 8.58. The molecule has 0 heterocycles. The fourth-order valence-electron chi connectivity index (χ4n) is 5.53. The minimum Gasteiger partial charge on any atom is -0.462 e. The maximum absolute atomic E-state index is 12.2. The number of unbranched alkanes of at least 4 members (excludes halogenated alkanes) is 18. The highest BCUT2D eigenvalue weighted by atomic mass is 16.6. The molecule has 0 aliphatic heterocycles. The smallest absolute Gasteiger partial charge is 0.306 e. The van der Waals surface area contributed by atoms with Gasteiger partial charge in [-0.2, -0.15) is 0 Å². The number of rotatable bonds is 36. The van der Waals surface area contributed by atoms with Crippen molar-refractivity contribution in [2.45, 2.75) is 193 Å². The van der Waals surface area contributed by atoms with Crippen molar-refractivity contribution >= 4 is 11.9 Å². The van der Waals surface area contributed by atoms with E-state index in [0.717, 1.165) is 57.8 Å². The average molecular weight is 685 g/mol. The molecular formula is C44H76O5. The number of hydrogen-bond acceptors (Lipinski definition) is 5. The summed E-state index contributed by atoms with van der Waals surface area (Å²) in [6.07, 6.45) is 51.5. The fourth-order valence-corrected chi connectivity index (χ4v) is 5.53. The molecule has 0 spiro atoms. The first kappa shape index (κ1) is 46.6. The summed E-state index contributed by atoms with van der Waals surface area (Å²) in [6.45, 7) is 3.98. The van der Waals surface area contributed by atoms with Crippen LogP contribution in [-0.2, 0) is 19.1 Å².